The summed E-state index contributed by atoms with van der Waals surface area (Å²) in [5.74, 6) is 0.436. The Morgan fingerprint density at radius 2 is 2.25 bits per heavy atom. The Kier molecular flexibility index (Phi) is 5.10. The molecule has 0 aliphatic heterocycles. The molecule has 4 nitrogen and oxygen atoms in total. The molecule has 16 heavy (non-hydrogen) atoms. The Morgan fingerprint density at radius 3 is 2.69 bits per heavy atom. The predicted octanol–water partition coefficient (Wildman–Crippen LogP) is 2.12. The SMILES string of the molecule is CC(C)CN(CCC#N)C(=O)NC1CCC1. The summed E-state index contributed by atoms with van der Waals surface area (Å²) in [6.45, 7) is 5.42. The first-order valence-corrected chi connectivity index (χ1v) is 6.06. The fourth-order valence-electron chi connectivity index (χ4n) is 1.72. The molecule has 1 saturated carbocycles. The van der Waals surface area contributed by atoms with Crippen molar-refractivity contribution in [3.05, 3.63) is 0 Å². The van der Waals surface area contributed by atoms with Gasteiger partial charge < -0.3 is 10.2 Å². The van der Waals surface area contributed by atoms with Crippen molar-refractivity contribution in [3.63, 3.8) is 0 Å². The number of hydrogen-bond acceptors (Lipinski definition) is 2. The summed E-state index contributed by atoms with van der Waals surface area (Å²) >= 11 is 0. The van der Waals surface area contributed by atoms with Gasteiger partial charge in [0.05, 0.1) is 12.5 Å². The van der Waals surface area contributed by atoms with Gasteiger partial charge in [0, 0.05) is 19.1 Å². The Balaban J connectivity index is 2.39. The normalized spacial score (nSPS) is 15.4. The first-order valence-electron chi connectivity index (χ1n) is 6.06. The Morgan fingerprint density at radius 1 is 1.56 bits per heavy atom. The van der Waals surface area contributed by atoms with Crippen LogP contribution in [0, 0.1) is 17.2 Å². The number of nitrogens with one attached hydrogen (secondary N) is 1. The van der Waals surface area contributed by atoms with Crippen molar-refractivity contribution in [2.24, 2.45) is 5.92 Å². The standard InChI is InChI=1S/C12H21N3O/c1-10(2)9-15(8-4-7-13)12(16)14-11-5-3-6-11/h10-11H,3-6,8-9H2,1-2H3,(H,14,16). The maximum absolute atomic E-state index is 11.9. The third-order valence-corrected chi connectivity index (χ3v) is 2.80. The second-order valence-electron chi connectivity index (χ2n) is 4.83. The maximum Gasteiger partial charge on any atom is 0.317 e. The van der Waals surface area contributed by atoms with E-state index < -0.39 is 0 Å². The molecule has 0 heterocycles. The molecule has 1 aliphatic carbocycles. The first kappa shape index (κ1) is 12.8. The van der Waals surface area contributed by atoms with E-state index in [-0.39, 0.29) is 6.03 Å². The van der Waals surface area contributed by atoms with Gasteiger partial charge in [-0.3, -0.25) is 0 Å². The number of amides is 2. The van der Waals surface area contributed by atoms with E-state index >= 15 is 0 Å². The lowest BCUT2D eigenvalue weighted by Crippen LogP contribution is -2.48. The number of carbonyl (C=O) groups excluding carboxylic acids is 1. The number of rotatable bonds is 5. The summed E-state index contributed by atoms with van der Waals surface area (Å²) < 4.78 is 0. The van der Waals surface area contributed by atoms with Crippen molar-refractivity contribution in [2.75, 3.05) is 13.1 Å². The largest absolute Gasteiger partial charge is 0.335 e. The fourth-order valence-corrected chi connectivity index (χ4v) is 1.72. The molecule has 0 spiro atoms. The molecular formula is C12H21N3O. The van der Waals surface area contributed by atoms with Crippen molar-refractivity contribution in [1.82, 2.24) is 10.2 Å². The third-order valence-electron chi connectivity index (χ3n) is 2.80. The molecule has 1 N–H and O–H groups in total. The number of nitrogens with zero attached hydrogens (tertiary/aromatic N) is 2. The molecular weight excluding hydrogens is 202 g/mol. The summed E-state index contributed by atoms with van der Waals surface area (Å²) in [5.41, 5.74) is 0. The van der Waals surface area contributed by atoms with Crippen molar-refractivity contribution >= 4 is 6.03 Å². The molecule has 0 aromatic rings. The van der Waals surface area contributed by atoms with E-state index in [0.717, 1.165) is 19.4 Å². The molecule has 2 amide bonds. The van der Waals surface area contributed by atoms with E-state index in [1.807, 2.05) is 0 Å². The van der Waals surface area contributed by atoms with Crippen LogP contribution in [-0.2, 0) is 0 Å². The number of urea groups is 1. The van der Waals surface area contributed by atoms with E-state index in [9.17, 15) is 4.79 Å². The monoisotopic (exact) mass is 223 g/mol. The minimum Gasteiger partial charge on any atom is -0.335 e. The summed E-state index contributed by atoms with van der Waals surface area (Å²) in [7, 11) is 0. The van der Waals surface area contributed by atoms with Gasteiger partial charge in [-0.1, -0.05) is 13.8 Å². The molecule has 1 aliphatic rings. The predicted molar refractivity (Wildman–Crippen MR) is 62.8 cm³/mol. The van der Waals surface area contributed by atoms with Crippen molar-refractivity contribution in [3.8, 4) is 6.07 Å². The van der Waals surface area contributed by atoms with Gasteiger partial charge in [0.1, 0.15) is 0 Å². The minimum atomic E-state index is -0.00588. The van der Waals surface area contributed by atoms with E-state index in [1.165, 1.54) is 6.42 Å². The lowest BCUT2D eigenvalue weighted by Gasteiger charge is -2.31. The molecule has 1 fully saturated rings. The highest BCUT2D eigenvalue weighted by Crippen LogP contribution is 2.18. The fraction of sp³-hybridized carbons (Fsp3) is 0.833. The lowest BCUT2D eigenvalue weighted by molar-refractivity contribution is 0.181. The smallest absolute Gasteiger partial charge is 0.317 e. The number of hydrogen-bond donors (Lipinski definition) is 1. The molecule has 4 heteroatoms. The summed E-state index contributed by atoms with van der Waals surface area (Å²) in [6.07, 6.45) is 3.82. The van der Waals surface area contributed by atoms with Crippen LogP contribution in [0.4, 0.5) is 4.79 Å². The average Bonchev–Trinajstić information content (AvgIpc) is 2.17. The quantitative estimate of drug-likeness (QED) is 0.776. The van der Waals surface area contributed by atoms with E-state index in [0.29, 0.717) is 24.9 Å². The zero-order chi connectivity index (χ0) is 12.0. The van der Waals surface area contributed by atoms with Crippen LogP contribution < -0.4 is 5.32 Å². The van der Waals surface area contributed by atoms with Crippen LogP contribution in [0.15, 0.2) is 0 Å². The van der Waals surface area contributed by atoms with Gasteiger partial charge in [0.2, 0.25) is 0 Å². The third kappa shape index (κ3) is 4.09. The summed E-state index contributed by atoms with van der Waals surface area (Å²) in [6, 6.07) is 2.45. The molecule has 0 bridgehead atoms. The van der Waals surface area contributed by atoms with Gasteiger partial charge in [-0.15, -0.1) is 0 Å². The van der Waals surface area contributed by atoms with Crippen molar-refractivity contribution in [1.29, 1.82) is 5.26 Å². The minimum absolute atomic E-state index is 0.00588. The molecule has 0 unspecified atom stereocenters. The van der Waals surface area contributed by atoms with Crippen molar-refractivity contribution in [2.45, 2.75) is 45.6 Å². The highest BCUT2D eigenvalue weighted by atomic mass is 16.2. The number of nitriles is 1. The Bertz CT molecular complexity index is 266. The lowest BCUT2D eigenvalue weighted by atomic mass is 9.93. The van der Waals surface area contributed by atoms with Crippen LogP contribution in [0.2, 0.25) is 0 Å². The molecule has 0 aromatic carbocycles. The second kappa shape index (κ2) is 6.37. The zero-order valence-electron chi connectivity index (χ0n) is 10.2. The topological polar surface area (TPSA) is 56.1 Å². The highest BCUT2D eigenvalue weighted by Gasteiger charge is 2.22. The van der Waals surface area contributed by atoms with Crippen LogP contribution in [0.1, 0.15) is 39.5 Å². The average molecular weight is 223 g/mol. The van der Waals surface area contributed by atoms with Gasteiger partial charge >= 0.3 is 6.03 Å². The first-order chi connectivity index (χ1) is 7.63. The molecule has 1 rings (SSSR count). The van der Waals surface area contributed by atoms with Crippen molar-refractivity contribution < 1.29 is 4.79 Å². The van der Waals surface area contributed by atoms with Gasteiger partial charge in [-0.2, -0.15) is 5.26 Å². The Hall–Kier alpha value is -1.24. The summed E-state index contributed by atoms with van der Waals surface area (Å²) in [4.78, 5) is 13.6. The zero-order valence-corrected chi connectivity index (χ0v) is 10.2. The van der Waals surface area contributed by atoms with Crippen LogP contribution in [0.5, 0.6) is 0 Å². The van der Waals surface area contributed by atoms with Gasteiger partial charge in [-0.25, -0.2) is 4.79 Å². The summed E-state index contributed by atoms with van der Waals surface area (Å²) in [5, 5.41) is 11.6. The maximum atomic E-state index is 11.9. The van der Waals surface area contributed by atoms with Gasteiger partial charge in [0.25, 0.3) is 0 Å². The van der Waals surface area contributed by atoms with Gasteiger partial charge in [-0.05, 0) is 25.2 Å². The molecule has 0 radical (unpaired) electrons. The van der Waals surface area contributed by atoms with Gasteiger partial charge in [0.15, 0.2) is 0 Å². The molecule has 0 atom stereocenters. The second-order valence-corrected chi connectivity index (χ2v) is 4.83. The van der Waals surface area contributed by atoms with Crippen LogP contribution in [0.25, 0.3) is 0 Å². The van der Waals surface area contributed by atoms with Crippen LogP contribution in [0.3, 0.4) is 0 Å². The van der Waals surface area contributed by atoms with E-state index in [2.05, 4.69) is 25.2 Å². The van der Waals surface area contributed by atoms with Crippen LogP contribution >= 0.6 is 0 Å². The molecule has 0 aromatic heterocycles. The molecule has 0 saturated heterocycles. The highest BCUT2D eigenvalue weighted by molar-refractivity contribution is 5.74. The Labute approximate surface area is 97.6 Å². The van der Waals surface area contributed by atoms with E-state index in [4.69, 9.17) is 5.26 Å². The molecule has 90 valence electrons. The van der Waals surface area contributed by atoms with E-state index in [1.54, 1.807) is 4.90 Å². The number of carbonyl (C=O) groups is 1. The van der Waals surface area contributed by atoms with Crippen LogP contribution in [-0.4, -0.2) is 30.1 Å².